The van der Waals surface area contributed by atoms with E-state index in [1.54, 1.807) is 24.3 Å². The molecule has 6 heteroatoms. The van der Waals surface area contributed by atoms with Crippen LogP contribution in [0.4, 0.5) is 5.69 Å². The second-order valence-electron chi connectivity index (χ2n) is 7.54. The van der Waals surface area contributed by atoms with Gasteiger partial charge in [-0.2, -0.15) is 0 Å². The topological polar surface area (TPSA) is 67.9 Å². The molecule has 152 valence electrons. The van der Waals surface area contributed by atoms with E-state index in [1.165, 1.54) is 0 Å². The molecule has 2 fully saturated rings. The molecule has 2 aliphatic heterocycles. The fourth-order valence-electron chi connectivity index (χ4n) is 3.71. The maximum atomic E-state index is 12.6. The standard InChI is InChI=1S/C23H26N2O4/c26-22-7-2-12-25(22)15-17-4-1-5-19(14-17)24-23(27)18-8-10-20(11-9-18)29-16-21-6-3-13-28-21/h1,4-5,8-11,14,21H,2-3,6-7,12-13,15-16H2,(H,24,27)/t21-/m0/s1. The van der Waals surface area contributed by atoms with Gasteiger partial charge in [0.2, 0.25) is 5.91 Å². The van der Waals surface area contributed by atoms with Gasteiger partial charge in [-0.1, -0.05) is 12.1 Å². The summed E-state index contributed by atoms with van der Waals surface area (Å²) in [7, 11) is 0. The molecule has 2 aliphatic rings. The molecule has 0 bridgehead atoms. The third kappa shape index (κ3) is 5.15. The van der Waals surface area contributed by atoms with Gasteiger partial charge in [0.15, 0.2) is 0 Å². The predicted molar refractivity (Wildman–Crippen MR) is 110 cm³/mol. The van der Waals surface area contributed by atoms with Crippen molar-refractivity contribution in [3.05, 3.63) is 59.7 Å². The maximum absolute atomic E-state index is 12.6. The Morgan fingerprint density at radius 1 is 1.17 bits per heavy atom. The molecule has 1 atom stereocenters. The van der Waals surface area contributed by atoms with E-state index >= 15 is 0 Å². The molecule has 4 rings (SSSR count). The van der Waals surface area contributed by atoms with Gasteiger partial charge < -0.3 is 19.7 Å². The number of hydrogen-bond acceptors (Lipinski definition) is 4. The molecule has 0 radical (unpaired) electrons. The third-order valence-corrected chi connectivity index (χ3v) is 5.31. The molecular weight excluding hydrogens is 368 g/mol. The second kappa shape index (κ2) is 9.09. The summed E-state index contributed by atoms with van der Waals surface area (Å²) in [6.45, 7) is 2.73. The van der Waals surface area contributed by atoms with E-state index in [0.29, 0.717) is 25.1 Å². The van der Waals surface area contributed by atoms with Gasteiger partial charge in [-0.25, -0.2) is 0 Å². The van der Waals surface area contributed by atoms with Gasteiger partial charge in [0.05, 0.1) is 6.10 Å². The SMILES string of the molecule is O=C(Nc1cccc(CN2CCCC2=O)c1)c1ccc(OC[C@@H]2CCCO2)cc1. The largest absolute Gasteiger partial charge is 0.491 e. The van der Waals surface area contributed by atoms with Crippen molar-refractivity contribution in [3.8, 4) is 5.75 Å². The third-order valence-electron chi connectivity index (χ3n) is 5.31. The van der Waals surface area contributed by atoms with Crippen molar-refractivity contribution < 1.29 is 19.1 Å². The molecule has 0 saturated carbocycles. The highest BCUT2D eigenvalue weighted by molar-refractivity contribution is 6.04. The van der Waals surface area contributed by atoms with Crippen molar-refractivity contribution in [1.82, 2.24) is 4.90 Å². The van der Waals surface area contributed by atoms with E-state index in [2.05, 4.69) is 5.32 Å². The van der Waals surface area contributed by atoms with Crippen LogP contribution in [0, 0.1) is 0 Å². The summed E-state index contributed by atoms with van der Waals surface area (Å²) in [5.41, 5.74) is 2.29. The smallest absolute Gasteiger partial charge is 0.255 e. The molecule has 2 saturated heterocycles. The number of nitrogens with one attached hydrogen (secondary N) is 1. The first-order valence-electron chi connectivity index (χ1n) is 10.2. The summed E-state index contributed by atoms with van der Waals surface area (Å²) < 4.78 is 11.3. The number of ether oxygens (including phenoxy) is 2. The molecule has 0 unspecified atom stereocenters. The van der Waals surface area contributed by atoms with Gasteiger partial charge in [-0.05, 0) is 61.2 Å². The molecule has 2 heterocycles. The molecule has 1 N–H and O–H groups in total. The Balaban J connectivity index is 1.32. The zero-order chi connectivity index (χ0) is 20.1. The Labute approximate surface area is 170 Å². The van der Waals surface area contributed by atoms with Crippen molar-refractivity contribution in [2.24, 2.45) is 0 Å². The normalized spacial score (nSPS) is 18.8. The quantitative estimate of drug-likeness (QED) is 0.779. The van der Waals surface area contributed by atoms with Crippen LogP contribution >= 0.6 is 0 Å². The van der Waals surface area contributed by atoms with E-state index < -0.39 is 0 Å². The van der Waals surface area contributed by atoms with Crippen LogP contribution in [0.25, 0.3) is 0 Å². The molecule has 2 amide bonds. The van der Waals surface area contributed by atoms with E-state index in [4.69, 9.17) is 9.47 Å². The minimum absolute atomic E-state index is 0.168. The number of likely N-dealkylation sites (tertiary alicyclic amines) is 1. The monoisotopic (exact) mass is 394 g/mol. The van der Waals surface area contributed by atoms with Crippen LogP contribution in [-0.2, 0) is 16.1 Å². The lowest BCUT2D eigenvalue weighted by Crippen LogP contribution is -2.23. The van der Waals surface area contributed by atoms with Crippen molar-refractivity contribution in [3.63, 3.8) is 0 Å². The number of rotatable bonds is 7. The average Bonchev–Trinajstić information content (AvgIpc) is 3.39. The van der Waals surface area contributed by atoms with E-state index in [-0.39, 0.29) is 17.9 Å². The number of nitrogens with zero attached hydrogens (tertiary/aromatic N) is 1. The molecule has 0 spiro atoms. The van der Waals surface area contributed by atoms with Crippen LogP contribution in [0.2, 0.25) is 0 Å². The molecule has 0 aliphatic carbocycles. The van der Waals surface area contributed by atoms with E-state index in [0.717, 1.165) is 49.4 Å². The maximum Gasteiger partial charge on any atom is 0.255 e. The molecule has 6 nitrogen and oxygen atoms in total. The first kappa shape index (κ1) is 19.5. The zero-order valence-corrected chi connectivity index (χ0v) is 16.4. The van der Waals surface area contributed by atoms with Gasteiger partial charge in [-0.3, -0.25) is 9.59 Å². The molecular formula is C23H26N2O4. The summed E-state index contributed by atoms with van der Waals surface area (Å²) in [6.07, 6.45) is 3.83. The van der Waals surface area contributed by atoms with Crippen LogP contribution in [0.15, 0.2) is 48.5 Å². The summed E-state index contributed by atoms with van der Waals surface area (Å²) in [4.78, 5) is 26.2. The molecule has 2 aromatic carbocycles. The lowest BCUT2D eigenvalue weighted by Gasteiger charge is -2.16. The van der Waals surface area contributed by atoms with Gasteiger partial charge >= 0.3 is 0 Å². The van der Waals surface area contributed by atoms with Crippen LogP contribution in [-0.4, -0.2) is 42.6 Å². The zero-order valence-electron chi connectivity index (χ0n) is 16.4. The van der Waals surface area contributed by atoms with E-state index in [1.807, 2.05) is 29.2 Å². The number of anilines is 1. The minimum atomic E-state index is -0.176. The highest BCUT2D eigenvalue weighted by atomic mass is 16.5. The highest BCUT2D eigenvalue weighted by Gasteiger charge is 2.20. The minimum Gasteiger partial charge on any atom is -0.491 e. The Morgan fingerprint density at radius 3 is 2.76 bits per heavy atom. The number of hydrogen-bond donors (Lipinski definition) is 1. The summed E-state index contributed by atoms with van der Waals surface area (Å²) >= 11 is 0. The van der Waals surface area contributed by atoms with Crippen LogP contribution in [0.1, 0.15) is 41.6 Å². The summed E-state index contributed by atoms with van der Waals surface area (Å²) in [5.74, 6) is 0.751. The van der Waals surface area contributed by atoms with E-state index in [9.17, 15) is 9.59 Å². The number of amides is 2. The van der Waals surface area contributed by atoms with Crippen molar-refractivity contribution in [2.75, 3.05) is 25.1 Å². The number of benzene rings is 2. The van der Waals surface area contributed by atoms with Gasteiger partial charge in [-0.15, -0.1) is 0 Å². The van der Waals surface area contributed by atoms with Crippen molar-refractivity contribution >= 4 is 17.5 Å². The molecule has 2 aromatic rings. The lowest BCUT2D eigenvalue weighted by molar-refractivity contribution is -0.128. The predicted octanol–water partition coefficient (Wildman–Crippen LogP) is 3.62. The Morgan fingerprint density at radius 2 is 2.03 bits per heavy atom. The van der Waals surface area contributed by atoms with Crippen molar-refractivity contribution in [1.29, 1.82) is 0 Å². The highest BCUT2D eigenvalue weighted by Crippen LogP contribution is 2.19. The first-order valence-corrected chi connectivity index (χ1v) is 10.2. The fraction of sp³-hybridized carbons (Fsp3) is 0.391. The van der Waals surface area contributed by atoms with Crippen LogP contribution < -0.4 is 10.1 Å². The first-order chi connectivity index (χ1) is 14.2. The average molecular weight is 394 g/mol. The molecule has 0 aromatic heterocycles. The lowest BCUT2D eigenvalue weighted by atomic mass is 10.1. The van der Waals surface area contributed by atoms with Gasteiger partial charge in [0.25, 0.3) is 5.91 Å². The number of carbonyl (C=O) groups is 2. The Bertz CT molecular complexity index is 859. The van der Waals surface area contributed by atoms with Gasteiger partial charge in [0, 0.05) is 37.4 Å². The van der Waals surface area contributed by atoms with Crippen molar-refractivity contribution in [2.45, 2.75) is 38.3 Å². The second-order valence-corrected chi connectivity index (χ2v) is 7.54. The summed E-state index contributed by atoms with van der Waals surface area (Å²) in [6, 6.07) is 14.8. The Hall–Kier alpha value is -2.86. The van der Waals surface area contributed by atoms with Gasteiger partial charge in [0.1, 0.15) is 12.4 Å². The van der Waals surface area contributed by atoms with Crippen LogP contribution in [0.5, 0.6) is 5.75 Å². The summed E-state index contributed by atoms with van der Waals surface area (Å²) in [5, 5.41) is 2.93. The number of carbonyl (C=O) groups excluding carboxylic acids is 2. The fourth-order valence-corrected chi connectivity index (χ4v) is 3.71. The molecule has 29 heavy (non-hydrogen) atoms. The van der Waals surface area contributed by atoms with Crippen LogP contribution in [0.3, 0.4) is 0 Å². The Kier molecular flexibility index (Phi) is 6.10.